The molecule has 0 spiro atoms. The van der Waals surface area contributed by atoms with Gasteiger partial charge in [-0.05, 0) is 30.8 Å². The van der Waals surface area contributed by atoms with Crippen molar-refractivity contribution in [2.75, 3.05) is 6.61 Å². The van der Waals surface area contributed by atoms with E-state index in [0.29, 0.717) is 6.42 Å². The molecule has 2 heterocycles. The largest absolute Gasteiger partial charge is 0.461 e. The van der Waals surface area contributed by atoms with Crippen LogP contribution in [-0.4, -0.2) is 75.9 Å². The third kappa shape index (κ3) is 3.36. The van der Waals surface area contributed by atoms with Crippen LogP contribution >= 0.6 is 0 Å². The molecule has 0 aromatic rings. The Morgan fingerprint density at radius 3 is 2.59 bits per heavy atom. The van der Waals surface area contributed by atoms with E-state index in [9.17, 15) is 25.2 Å². The van der Waals surface area contributed by atoms with Gasteiger partial charge in [0.25, 0.3) is 0 Å². The lowest BCUT2D eigenvalue weighted by molar-refractivity contribution is -0.308. The fourth-order valence-electron chi connectivity index (χ4n) is 5.43. The molecule has 11 atom stereocenters. The molecule has 0 bridgehead atoms. The second-order valence-corrected chi connectivity index (χ2v) is 8.82. The summed E-state index contributed by atoms with van der Waals surface area (Å²) in [7, 11) is 0. The molecule has 2 aliphatic carbocycles. The molecule has 4 aliphatic rings. The monoisotopic (exact) mass is 410 g/mol. The van der Waals surface area contributed by atoms with Crippen molar-refractivity contribution >= 4 is 5.97 Å². The number of carbonyl (C=O) groups excluding carboxylic acids is 1. The molecule has 0 radical (unpaired) electrons. The van der Waals surface area contributed by atoms with Crippen LogP contribution in [0.5, 0.6) is 0 Å². The molecule has 1 unspecified atom stereocenters. The molecule has 4 fully saturated rings. The molecular weight excluding hydrogens is 380 g/mol. The molecule has 0 amide bonds. The Hall–Kier alpha value is -1.29. The number of aliphatic hydroxyl groups excluding tert-OH is 4. The normalized spacial score (nSPS) is 50.1. The van der Waals surface area contributed by atoms with Crippen LogP contribution in [0, 0.1) is 23.7 Å². The Morgan fingerprint density at radius 1 is 1.17 bits per heavy atom. The van der Waals surface area contributed by atoms with E-state index in [2.05, 4.69) is 13.2 Å². The number of ether oxygens (including phenoxy) is 3. The van der Waals surface area contributed by atoms with Gasteiger partial charge in [0.2, 0.25) is 0 Å². The lowest BCUT2D eigenvalue weighted by Gasteiger charge is -2.40. The van der Waals surface area contributed by atoms with Gasteiger partial charge in [0.1, 0.15) is 30.5 Å². The second kappa shape index (κ2) is 7.76. The van der Waals surface area contributed by atoms with Gasteiger partial charge in [-0.2, -0.15) is 0 Å². The number of rotatable bonds is 3. The lowest BCUT2D eigenvalue weighted by atomic mass is 9.80. The van der Waals surface area contributed by atoms with Crippen LogP contribution in [0.4, 0.5) is 0 Å². The van der Waals surface area contributed by atoms with Crippen LogP contribution in [0.2, 0.25) is 0 Å². The molecule has 4 N–H and O–H groups in total. The smallest absolute Gasteiger partial charge is 0.309 e. The minimum atomic E-state index is -1.50. The van der Waals surface area contributed by atoms with Gasteiger partial charge in [-0.15, -0.1) is 0 Å². The Morgan fingerprint density at radius 2 is 1.90 bits per heavy atom. The molecule has 2 saturated carbocycles. The zero-order valence-electron chi connectivity index (χ0n) is 16.5. The van der Waals surface area contributed by atoms with E-state index in [1.165, 1.54) is 0 Å². The third-order valence-electron chi connectivity index (χ3n) is 7.26. The van der Waals surface area contributed by atoms with Crippen LogP contribution in [-0.2, 0) is 19.0 Å². The van der Waals surface area contributed by atoms with Crippen molar-refractivity contribution < 1.29 is 39.4 Å². The average molecular weight is 410 g/mol. The van der Waals surface area contributed by atoms with Crippen molar-refractivity contribution in [1.29, 1.82) is 0 Å². The second-order valence-electron chi connectivity index (χ2n) is 8.82. The van der Waals surface area contributed by atoms with Crippen LogP contribution in [0.1, 0.15) is 26.2 Å². The van der Waals surface area contributed by atoms with Crippen LogP contribution in [0.25, 0.3) is 0 Å². The van der Waals surface area contributed by atoms with Gasteiger partial charge in [-0.25, -0.2) is 0 Å². The highest BCUT2D eigenvalue weighted by atomic mass is 16.7. The first-order valence-electron chi connectivity index (χ1n) is 10.3. The van der Waals surface area contributed by atoms with Crippen molar-refractivity contribution in [2.45, 2.75) is 69.1 Å². The Balaban J connectivity index is 1.53. The summed E-state index contributed by atoms with van der Waals surface area (Å²) in [5.41, 5.74) is 1.83. The predicted molar refractivity (Wildman–Crippen MR) is 100 cm³/mol. The number of allylic oxidation sites excluding steroid dienone is 1. The summed E-state index contributed by atoms with van der Waals surface area (Å²) in [4.78, 5) is 12.2. The molecule has 2 aliphatic heterocycles. The fraction of sp³-hybridized carbons (Fsp3) is 0.762. The Kier molecular flexibility index (Phi) is 5.61. The van der Waals surface area contributed by atoms with Crippen molar-refractivity contribution in [1.82, 2.24) is 0 Å². The Labute approximate surface area is 169 Å². The summed E-state index contributed by atoms with van der Waals surface area (Å²) in [5.74, 6) is -0.302. The molecular formula is C21H30O8. The quantitative estimate of drug-likeness (QED) is 0.375. The standard InChI is InChI=1S/C21H30O8/c1-8-4-5-11-9(2)20(26)29-19(11)15-10(3)13(6-12(8)15)27-21-18(25)17(24)16(23)14(7-22)28-21/h9,11-19,21-25H,1,3-7H2,2H3/t9-,11-,12-,13-,14+,15?,16+,17-,18+,19+,21+/m0/s1. The van der Waals surface area contributed by atoms with Crippen molar-refractivity contribution in [3.8, 4) is 0 Å². The number of aliphatic hydroxyl groups is 4. The van der Waals surface area contributed by atoms with E-state index in [1.54, 1.807) is 0 Å². The van der Waals surface area contributed by atoms with E-state index in [-0.39, 0.29) is 35.7 Å². The first kappa shape index (κ1) is 21.0. The van der Waals surface area contributed by atoms with E-state index in [1.807, 2.05) is 6.92 Å². The van der Waals surface area contributed by atoms with Crippen molar-refractivity contribution in [3.63, 3.8) is 0 Å². The number of fused-ring (bicyclic) bond motifs is 3. The highest BCUT2D eigenvalue weighted by Crippen LogP contribution is 2.53. The molecule has 8 heteroatoms. The van der Waals surface area contributed by atoms with Gasteiger partial charge in [0.05, 0.1) is 18.6 Å². The first-order valence-corrected chi connectivity index (χ1v) is 10.3. The summed E-state index contributed by atoms with van der Waals surface area (Å²) in [6.07, 6.45) is -5.18. The van der Waals surface area contributed by atoms with Crippen LogP contribution < -0.4 is 0 Å². The first-order chi connectivity index (χ1) is 13.7. The SMILES string of the molecule is C=C1C2[C@@H](C[C@@H]1O[C@@H]1O[C@H](CO)[C@@H](O)[C@H](O)[C@H]1O)C(=C)CC[C@H]1[C@H](C)C(=O)O[C@@H]21. The maximum absolute atomic E-state index is 12.2. The molecule has 2 saturated heterocycles. The number of carbonyl (C=O) groups is 1. The van der Waals surface area contributed by atoms with Gasteiger partial charge in [0.15, 0.2) is 6.29 Å². The molecule has 0 aromatic carbocycles. The lowest BCUT2D eigenvalue weighted by Crippen LogP contribution is -2.59. The topological polar surface area (TPSA) is 126 Å². The van der Waals surface area contributed by atoms with Crippen LogP contribution in [0.15, 0.2) is 24.3 Å². The van der Waals surface area contributed by atoms with E-state index in [4.69, 9.17) is 14.2 Å². The maximum Gasteiger partial charge on any atom is 0.309 e. The molecule has 0 aromatic heterocycles. The summed E-state index contributed by atoms with van der Waals surface area (Å²) < 4.78 is 17.2. The summed E-state index contributed by atoms with van der Waals surface area (Å²) in [6, 6.07) is 0. The van der Waals surface area contributed by atoms with Gasteiger partial charge in [-0.1, -0.05) is 25.7 Å². The average Bonchev–Trinajstić information content (AvgIpc) is 3.11. The number of hydrogen-bond donors (Lipinski definition) is 4. The zero-order valence-corrected chi connectivity index (χ0v) is 16.5. The molecule has 29 heavy (non-hydrogen) atoms. The van der Waals surface area contributed by atoms with E-state index in [0.717, 1.165) is 24.0 Å². The van der Waals surface area contributed by atoms with Gasteiger partial charge < -0.3 is 34.6 Å². The van der Waals surface area contributed by atoms with Crippen LogP contribution in [0.3, 0.4) is 0 Å². The van der Waals surface area contributed by atoms with E-state index >= 15 is 0 Å². The van der Waals surface area contributed by atoms with Gasteiger partial charge in [0, 0.05) is 11.8 Å². The number of esters is 1. The van der Waals surface area contributed by atoms with Gasteiger partial charge in [-0.3, -0.25) is 4.79 Å². The van der Waals surface area contributed by atoms with Crippen molar-refractivity contribution in [2.24, 2.45) is 23.7 Å². The highest BCUT2D eigenvalue weighted by Gasteiger charge is 2.55. The minimum absolute atomic E-state index is 0.0467. The Bertz CT molecular complexity index is 690. The predicted octanol–water partition coefficient (Wildman–Crippen LogP) is -0.109. The van der Waals surface area contributed by atoms with Gasteiger partial charge >= 0.3 is 5.97 Å². The van der Waals surface area contributed by atoms with Crippen molar-refractivity contribution in [3.05, 3.63) is 24.3 Å². The summed E-state index contributed by atoms with van der Waals surface area (Å²) in [6.45, 7) is 9.84. The molecule has 4 rings (SSSR count). The van der Waals surface area contributed by atoms with E-state index < -0.39 is 43.4 Å². The molecule has 8 nitrogen and oxygen atoms in total. The maximum atomic E-state index is 12.2. The highest BCUT2D eigenvalue weighted by molar-refractivity contribution is 5.75. The molecule has 162 valence electrons. The third-order valence-corrected chi connectivity index (χ3v) is 7.26. The minimum Gasteiger partial charge on any atom is -0.461 e. The summed E-state index contributed by atoms with van der Waals surface area (Å²) in [5, 5.41) is 39.6. The zero-order chi connectivity index (χ0) is 21.0. The summed E-state index contributed by atoms with van der Waals surface area (Å²) >= 11 is 0. The number of hydrogen-bond acceptors (Lipinski definition) is 8. The fourth-order valence-corrected chi connectivity index (χ4v) is 5.43.